The number of amides is 2. The Morgan fingerprint density at radius 2 is 2.16 bits per heavy atom. The van der Waals surface area contributed by atoms with Crippen LogP contribution in [0.25, 0.3) is 0 Å². The second kappa shape index (κ2) is 7.44. The lowest BCUT2D eigenvalue weighted by Crippen LogP contribution is -2.49. The average Bonchev–Trinajstić information content (AvgIpc) is 3.07. The van der Waals surface area contributed by atoms with Gasteiger partial charge in [0.1, 0.15) is 11.8 Å². The van der Waals surface area contributed by atoms with Gasteiger partial charge in [0.25, 0.3) is 0 Å². The molecular formula is C19H26N2O4. The zero-order chi connectivity index (χ0) is 17.9. The van der Waals surface area contributed by atoms with Crippen LogP contribution < -0.4 is 15.4 Å². The van der Waals surface area contributed by atoms with Gasteiger partial charge in [-0.1, -0.05) is 17.7 Å². The summed E-state index contributed by atoms with van der Waals surface area (Å²) in [5.74, 6) is 0.681. The molecule has 0 saturated carbocycles. The third-order valence-corrected chi connectivity index (χ3v) is 5.29. The minimum Gasteiger partial charge on any atom is -0.496 e. The molecule has 2 amide bonds. The van der Waals surface area contributed by atoms with Crippen LogP contribution in [0.3, 0.4) is 0 Å². The van der Waals surface area contributed by atoms with Crippen LogP contribution in [-0.4, -0.2) is 44.7 Å². The van der Waals surface area contributed by atoms with Gasteiger partial charge in [0, 0.05) is 37.2 Å². The van der Waals surface area contributed by atoms with E-state index in [0.717, 1.165) is 29.7 Å². The number of aryl methyl sites for hydroxylation is 1. The van der Waals surface area contributed by atoms with Crippen molar-refractivity contribution < 1.29 is 19.1 Å². The Hall–Kier alpha value is -2.08. The van der Waals surface area contributed by atoms with E-state index in [1.807, 2.05) is 12.1 Å². The lowest BCUT2D eigenvalue weighted by atomic mass is 9.73. The van der Waals surface area contributed by atoms with E-state index in [2.05, 4.69) is 23.6 Å². The van der Waals surface area contributed by atoms with E-state index in [4.69, 9.17) is 9.47 Å². The molecule has 3 rings (SSSR count). The maximum atomic E-state index is 12.4. The van der Waals surface area contributed by atoms with Crippen LogP contribution in [0.4, 0.5) is 0 Å². The molecule has 2 saturated heterocycles. The zero-order valence-corrected chi connectivity index (χ0v) is 14.9. The van der Waals surface area contributed by atoms with Crippen molar-refractivity contribution in [1.82, 2.24) is 10.6 Å². The molecule has 2 aliphatic rings. The molecule has 0 bridgehead atoms. The molecule has 2 N–H and O–H groups in total. The summed E-state index contributed by atoms with van der Waals surface area (Å²) >= 11 is 0. The van der Waals surface area contributed by atoms with Crippen molar-refractivity contribution in [2.45, 2.75) is 44.1 Å². The highest BCUT2D eigenvalue weighted by Gasteiger charge is 2.38. The first kappa shape index (κ1) is 17.7. The lowest BCUT2D eigenvalue weighted by Gasteiger charge is -2.39. The van der Waals surface area contributed by atoms with Gasteiger partial charge in [-0.05, 0) is 32.3 Å². The van der Waals surface area contributed by atoms with Crippen LogP contribution in [0.5, 0.6) is 5.75 Å². The summed E-state index contributed by atoms with van der Waals surface area (Å²) in [5, 5.41) is 5.79. The third-order valence-electron chi connectivity index (χ3n) is 5.29. The van der Waals surface area contributed by atoms with Crippen LogP contribution in [0.2, 0.25) is 0 Å². The first-order valence-electron chi connectivity index (χ1n) is 8.84. The Labute approximate surface area is 148 Å². The van der Waals surface area contributed by atoms with Crippen LogP contribution in [0.1, 0.15) is 36.8 Å². The molecule has 6 heteroatoms. The molecule has 1 aromatic rings. The van der Waals surface area contributed by atoms with E-state index in [1.54, 1.807) is 7.11 Å². The quantitative estimate of drug-likeness (QED) is 0.846. The third kappa shape index (κ3) is 3.79. The summed E-state index contributed by atoms with van der Waals surface area (Å²) in [6, 6.07) is 5.75. The highest BCUT2D eigenvalue weighted by atomic mass is 16.5. The number of carbonyl (C=O) groups is 2. The van der Waals surface area contributed by atoms with Gasteiger partial charge in [-0.25, -0.2) is 0 Å². The second-order valence-corrected chi connectivity index (χ2v) is 6.97. The standard InChI is InChI=1S/C19H26N2O4/c1-13-3-5-16(24-2)14(11-13)19(7-9-25-10-8-19)12-20-18(23)15-4-6-17(22)21-15/h3,5,11,15H,4,6-10,12H2,1-2H3,(H,20,23)(H,21,22)/t15-/m1/s1. The van der Waals surface area contributed by atoms with Crippen LogP contribution in [0.15, 0.2) is 18.2 Å². The molecule has 2 heterocycles. The lowest BCUT2D eigenvalue weighted by molar-refractivity contribution is -0.126. The SMILES string of the molecule is COc1ccc(C)cc1C1(CNC(=O)[C@H]2CCC(=O)N2)CCOCC1. The van der Waals surface area contributed by atoms with Gasteiger partial charge in [0.15, 0.2) is 0 Å². The summed E-state index contributed by atoms with van der Waals surface area (Å²) in [4.78, 5) is 23.8. The number of benzene rings is 1. The predicted molar refractivity (Wildman–Crippen MR) is 93.6 cm³/mol. The van der Waals surface area contributed by atoms with Gasteiger partial charge in [-0.2, -0.15) is 0 Å². The molecule has 1 aromatic carbocycles. The van der Waals surface area contributed by atoms with Crippen LogP contribution in [0, 0.1) is 6.92 Å². The Morgan fingerprint density at radius 3 is 2.80 bits per heavy atom. The molecule has 0 aromatic heterocycles. The van der Waals surface area contributed by atoms with Gasteiger partial charge >= 0.3 is 0 Å². The van der Waals surface area contributed by atoms with Gasteiger partial charge in [0.2, 0.25) is 11.8 Å². The van der Waals surface area contributed by atoms with E-state index < -0.39 is 6.04 Å². The number of hydrogen-bond acceptors (Lipinski definition) is 4. The maximum absolute atomic E-state index is 12.4. The van der Waals surface area contributed by atoms with Crippen molar-refractivity contribution in [3.05, 3.63) is 29.3 Å². The van der Waals surface area contributed by atoms with Crippen molar-refractivity contribution in [3.63, 3.8) is 0 Å². The molecule has 0 spiro atoms. The van der Waals surface area contributed by atoms with Crippen LogP contribution >= 0.6 is 0 Å². The Kier molecular flexibility index (Phi) is 5.27. The monoisotopic (exact) mass is 346 g/mol. The molecule has 0 aliphatic carbocycles. The van der Waals surface area contributed by atoms with Crippen molar-refractivity contribution in [3.8, 4) is 5.75 Å². The molecule has 136 valence electrons. The molecule has 0 radical (unpaired) electrons. The number of carbonyl (C=O) groups excluding carboxylic acids is 2. The molecule has 2 aliphatic heterocycles. The number of nitrogens with one attached hydrogen (secondary N) is 2. The fraction of sp³-hybridized carbons (Fsp3) is 0.579. The summed E-state index contributed by atoms with van der Waals surface area (Å²) in [6.07, 6.45) is 2.63. The van der Waals surface area contributed by atoms with Crippen molar-refractivity contribution in [2.75, 3.05) is 26.9 Å². The van der Waals surface area contributed by atoms with E-state index in [-0.39, 0.29) is 17.2 Å². The smallest absolute Gasteiger partial charge is 0.242 e. The van der Waals surface area contributed by atoms with Gasteiger partial charge in [-0.3, -0.25) is 9.59 Å². The fourth-order valence-corrected chi connectivity index (χ4v) is 3.73. The number of methoxy groups -OCH3 is 1. The largest absolute Gasteiger partial charge is 0.496 e. The van der Waals surface area contributed by atoms with E-state index >= 15 is 0 Å². The number of rotatable bonds is 5. The van der Waals surface area contributed by atoms with Crippen molar-refractivity contribution in [2.24, 2.45) is 0 Å². The maximum Gasteiger partial charge on any atom is 0.242 e. The summed E-state index contributed by atoms with van der Waals surface area (Å²) in [7, 11) is 1.67. The summed E-state index contributed by atoms with van der Waals surface area (Å²) in [5.41, 5.74) is 2.07. The predicted octanol–water partition coefficient (Wildman–Crippen LogP) is 1.45. The van der Waals surface area contributed by atoms with Gasteiger partial charge < -0.3 is 20.1 Å². The number of ether oxygens (including phenoxy) is 2. The first-order chi connectivity index (χ1) is 12.0. The van der Waals surface area contributed by atoms with Gasteiger partial charge in [0.05, 0.1) is 7.11 Å². The first-order valence-corrected chi connectivity index (χ1v) is 8.84. The second-order valence-electron chi connectivity index (χ2n) is 6.97. The minimum absolute atomic E-state index is 0.0544. The summed E-state index contributed by atoms with van der Waals surface area (Å²) < 4.78 is 11.1. The zero-order valence-electron chi connectivity index (χ0n) is 14.9. The molecule has 25 heavy (non-hydrogen) atoms. The van der Waals surface area contributed by atoms with E-state index in [1.165, 1.54) is 0 Å². The van der Waals surface area contributed by atoms with E-state index in [9.17, 15) is 9.59 Å². The number of hydrogen-bond donors (Lipinski definition) is 2. The Bertz CT molecular complexity index is 653. The normalized spacial score (nSPS) is 22.3. The topological polar surface area (TPSA) is 76.7 Å². The molecule has 6 nitrogen and oxygen atoms in total. The van der Waals surface area contributed by atoms with Gasteiger partial charge in [-0.15, -0.1) is 0 Å². The highest BCUT2D eigenvalue weighted by molar-refractivity contribution is 5.90. The minimum atomic E-state index is -0.413. The average molecular weight is 346 g/mol. The Morgan fingerprint density at radius 1 is 1.40 bits per heavy atom. The van der Waals surface area contributed by atoms with E-state index in [0.29, 0.717) is 32.6 Å². The fourth-order valence-electron chi connectivity index (χ4n) is 3.73. The van der Waals surface area contributed by atoms with Crippen LogP contribution in [-0.2, 0) is 19.7 Å². The molecule has 2 fully saturated rings. The Balaban J connectivity index is 1.80. The molecular weight excluding hydrogens is 320 g/mol. The van der Waals surface area contributed by atoms with Crippen molar-refractivity contribution >= 4 is 11.8 Å². The van der Waals surface area contributed by atoms with Crippen molar-refractivity contribution in [1.29, 1.82) is 0 Å². The molecule has 0 unspecified atom stereocenters. The summed E-state index contributed by atoms with van der Waals surface area (Å²) in [6.45, 7) is 3.89. The molecule has 1 atom stereocenters. The highest BCUT2D eigenvalue weighted by Crippen LogP contribution is 2.40.